The molecule has 0 spiro atoms. The van der Waals surface area contributed by atoms with Crippen LogP contribution in [-0.4, -0.2) is 12.5 Å². The van der Waals surface area contributed by atoms with Crippen molar-refractivity contribution in [2.75, 3.05) is 6.54 Å². The quantitative estimate of drug-likeness (QED) is 0.632. The Morgan fingerprint density at radius 3 is 2.53 bits per heavy atom. The first-order valence-electron chi connectivity index (χ1n) is 6.72. The van der Waals surface area contributed by atoms with Gasteiger partial charge in [0, 0.05) is 12.6 Å². The van der Waals surface area contributed by atoms with Crippen molar-refractivity contribution in [1.82, 2.24) is 5.32 Å². The standard InChI is InChI=1S/C17H23NO/c1-5-15(16-9-7-6-8-14(16)4)10-11-17(19)18-12-13(2)3/h5-11,13H,12H2,1-4H3,(H,18,19)/b11-10+,15-5-. The highest BCUT2D eigenvalue weighted by molar-refractivity contribution is 5.91. The summed E-state index contributed by atoms with van der Waals surface area (Å²) in [7, 11) is 0. The van der Waals surface area contributed by atoms with E-state index in [0.717, 1.165) is 11.1 Å². The van der Waals surface area contributed by atoms with E-state index in [0.29, 0.717) is 12.5 Å². The number of rotatable bonds is 5. The predicted octanol–water partition coefficient (Wildman–Crippen LogP) is 3.73. The zero-order valence-corrected chi connectivity index (χ0v) is 12.2. The topological polar surface area (TPSA) is 29.1 Å². The van der Waals surface area contributed by atoms with Crippen LogP contribution in [-0.2, 0) is 4.79 Å². The van der Waals surface area contributed by atoms with Gasteiger partial charge in [-0.1, -0.05) is 44.2 Å². The fourth-order valence-electron chi connectivity index (χ4n) is 1.77. The lowest BCUT2D eigenvalue weighted by Gasteiger charge is -2.07. The van der Waals surface area contributed by atoms with Crippen LogP contribution in [0.2, 0.25) is 0 Å². The summed E-state index contributed by atoms with van der Waals surface area (Å²) in [6.45, 7) is 8.92. The highest BCUT2D eigenvalue weighted by atomic mass is 16.1. The van der Waals surface area contributed by atoms with Gasteiger partial charge >= 0.3 is 0 Å². The van der Waals surface area contributed by atoms with Crippen LogP contribution in [0.3, 0.4) is 0 Å². The smallest absolute Gasteiger partial charge is 0.244 e. The lowest BCUT2D eigenvalue weighted by molar-refractivity contribution is -0.116. The van der Waals surface area contributed by atoms with Crippen LogP contribution in [0.25, 0.3) is 5.57 Å². The van der Waals surface area contributed by atoms with E-state index >= 15 is 0 Å². The molecule has 1 amide bonds. The van der Waals surface area contributed by atoms with Crippen molar-refractivity contribution >= 4 is 11.5 Å². The van der Waals surface area contributed by atoms with Crippen LogP contribution < -0.4 is 5.32 Å². The van der Waals surface area contributed by atoms with Crippen LogP contribution >= 0.6 is 0 Å². The summed E-state index contributed by atoms with van der Waals surface area (Å²) in [5.41, 5.74) is 3.44. The number of carbonyl (C=O) groups excluding carboxylic acids is 1. The molecule has 0 aliphatic carbocycles. The van der Waals surface area contributed by atoms with Gasteiger partial charge in [-0.3, -0.25) is 4.79 Å². The molecule has 2 heteroatoms. The third-order valence-corrected chi connectivity index (χ3v) is 2.87. The molecule has 102 valence electrons. The van der Waals surface area contributed by atoms with Crippen molar-refractivity contribution in [1.29, 1.82) is 0 Å². The molecule has 1 rings (SSSR count). The van der Waals surface area contributed by atoms with Crippen molar-refractivity contribution in [2.24, 2.45) is 5.92 Å². The number of benzene rings is 1. The molecule has 0 aliphatic heterocycles. The third-order valence-electron chi connectivity index (χ3n) is 2.87. The maximum Gasteiger partial charge on any atom is 0.244 e. The van der Waals surface area contributed by atoms with Crippen molar-refractivity contribution in [3.63, 3.8) is 0 Å². The van der Waals surface area contributed by atoms with Gasteiger partial charge < -0.3 is 5.32 Å². The molecule has 1 aromatic carbocycles. The minimum Gasteiger partial charge on any atom is -0.352 e. The summed E-state index contributed by atoms with van der Waals surface area (Å²) in [5, 5.41) is 2.87. The second-order valence-corrected chi connectivity index (χ2v) is 5.03. The van der Waals surface area contributed by atoms with E-state index in [9.17, 15) is 4.79 Å². The molecule has 0 fully saturated rings. The highest BCUT2D eigenvalue weighted by Crippen LogP contribution is 2.19. The van der Waals surface area contributed by atoms with E-state index in [4.69, 9.17) is 0 Å². The first-order chi connectivity index (χ1) is 9.04. The van der Waals surface area contributed by atoms with Gasteiger partial charge in [-0.05, 0) is 42.5 Å². The summed E-state index contributed by atoms with van der Waals surface area (Å²) in [6, 6.07) is 8.18. The molecule has 0 radical (unpaired) electrons. The summed E-state index contributed by atoms with van der Waals surface area (Å²) in [4.78, 5) is 11.7. The summed E-state index contributed by atoms with van der Waals surface area (Å²) >= 11 is 0. The van der Waals surface area contributed by atoms with E-state index in [2.05, 4.69) is 38.2 Å². The van der Waals surface area contributed by atoms with Gasteiger partial charge in [-0.25, -0.2) is 0 Å². The number of amides is 1. The monoisotopic (exact) mass is 257 g/mol. The van der Waals surface area contributed by atoms with E-state index < -0.39 is 0 Å². The van der Waals surface area contributed by atoms with Gasteiger partial charge in [0.2, 0.25) is 5.91 Å². The number of carbonyl (C=O) groups is 1. The lowest BCUT2D eigenvalue weighted by Crippen LogP contribution is -2.25. The molecule has 0 unspecified atom stereocenters. The molecule has 0 bridgehead atoms. The van der Waals surface area contributed by atoms with Gasteiger partial charge in [0.15, 0.2) is 0 Å². The molecule has 1 aromatic rings. The Morgan fingerprint density at radius 1 is 1.26 bits per heavy atom. The Morgan fingerprint density at radius 2 is 1.95 bits per heavy atom. The number of hydrogen-bond donors (Lipinski definition) is 1. The second-order valence-electron chi connectivity index (χ2n) is 5.03. The Balaban J connectivity index is 2.74. The maximum atomic E-state index is 11.7. The predicted molar refractivity (Wildman–Crippen MR) is 81.8 cm³/mol. The number of aryl methyl sites for hydroxylation is 1. The van der Waals surface area contributed by atoms with Gasteiger partial charge in [0.05, 0.1) is 0 Å². The molecule has 2 nitrogen and oxygen atoms in total. The summed E-state index contributed by atoms with van der Waals surface area (Å²) < 4.78 is 0. The highest BCUT2D eigenvalue weighted by Gasteiger charge is 2.02. The molecule has 19 heavy (non-hydrogen) atoms. The minimum absolute atomic E-state index is 0.0402. The van der Waals surface area contributed by atoms with Crippen molar-refractivity contribution in [2.45, 2.75) is 27.7 Å². The third kappa shape index (κ3) is 5.12. The second kappa shape index (κ2) is 7.57. The van der Waals surface area contributed by atoms with Crippen molar-refractivity contribution < 1.29 is 4.79 Å². The first-order valence-corrected chi connectivity index (χ1v) is 6.72. The molecule has 0 atom stereocenters. The Labute approximate surface area is 116 Å². The van der Waals surface area contributed by atoms with E-state index in [1.54, 1.807) is 6.08 Å². The zero-order valence-electron chi connectivity index (χ0n) is 12.2. The lowest BCUT2D eigenvalue weighted by atomic mass is 10.00. The summed E-state index contributed by atoms with van der Waals surface area (Å²) in [6.07, 6.45) is 5.50. The Hall–Kier alpha value is -1.83. The number of hydrogen-bond acceptors (Lipinski definition) is 1. The van der Waals surface area contributed by atoms with Gasteiger partial charge in [0.1, 0.15) is 0 Å². The zero-order chi connectivity index (χ0) is 14.3. The molecule has 0 aliphatic rings. The number of allylic oxidation sites excluding steroid dienone is 3. The molecule has 0 aromatic heterocycles. The Bertz CT molecular complexity index is 484. The largest absolute Gasteiger partial charge is 0.352 e. The van der Waals surface area contributed by atoms with E-state index in [-0.39, 0.29) is 5.91 Å². The van der Waals surface area contributed by atoms with Crippen LogP contribution in [0.15, 0.2) is 42.5 Å². The van der Waals surface area contributed by atoms with E-state index in [1.165, 1.54) is 5.56 Å². The van der Waals surface area contributed by atoms with Gasteiger partial charge in [-0.2, -0.15) is 0 Å². The normalized spacial score (nSPS) is 12.2. The average molecular weight is 257 g/mol. The molecule has 0 heterocycles. The van der Waals surface area contributed by atoms with Crippen LogP contribution in [0.4, 0.5) is 0 Å². The van der Waals surface area contributed by atoms with E-state index in [1.807, 2.05) is 31.2 Å². The SMILES string of the molecule is C/C=C(/C=C/C(=O)NCC(C)C)c1ccccc1C. The number of nitrogens with one attached hydrogen (secondary N) is 1. The minimum atomic E-state index is -0.0402. The van der Waals surface area contributed by atoms with Gasteiger partial charge in [0.25, 0.3) is 0 Å². The Kier molecular flexibility index (Phi) is 6.07. The maximum absolute atomic E-state index is 11.7. The van der Waals surface area contributed by atoms with Crippen LogP contribution in [0.1, 0.15) is 31.9 Å². The van der Waals surface area contributed by atoms with Crippen LogP contribution in [0, 0.1) is 12.8 Å². The molecule has 1 N–H and O–H groups in total. The first kappa shape index (κ1) is 15.2. The molecule has 0 saturated heterocycles. The molecular formula is C17H23NO. The van der Waals surface area contributed by atoms with Crippen molar-refractivity contribution in [3.05, 3.63) is 53.6 Å². The van der Waals surface area contributed by atoms with Crippen molar-refractivity contribution in [3.8, 4) is 0 Å². The molecular weight excluding hydrogens is 234 g/mol. The van der Waals surface area contributed by atoms with Crippen LogP contribution in [0.5, 0.6) is 0 Å². The van der Waals surface area contributed by atoms with Gasteiger partial charge in [-0.15, -0.1) is 0 Å². The molecule has 0 saturated carbocycles. The fourth-order valence-corrected chi connectivity index (χ4v) is 1.77. The average Bonchev–Trinajstić information content (AvgIpc) is 2.39. The fraction of sp³-hybridized carbons (Fsp3) is 0.353. The summed E-state index contributed by atoms with van der Waals surface area (Å²) in [5.74, 6) is 0.427.